The summed E-state index contributed by atoms with van der Waals surface area (Å²) in [5.41, 5.74) is 0.969. The molecule has 138 valence electrons. The summed E-state index contributed by atoms with van der Waals surface area (Å²) in [6, 6.07) is 2.09. The topological polar surface area (TPSA) is 54.3 Å². The first-order valence-corrected chi connectivity index (χ1v) is 10.0. The van der Waals surface area contributed by atoms with Crippen LogP contribution in [0.3, 0.4) is 0 Å². The maximum atomic E-state index is 13.0. The van der Waals surface area contributed by atoms with E-state index in [1.54, 1.807) is 6.33 Å². The molecule has 0 radical (unpaired) electrons. The smallest absolute Gasteiger partial charge is 0.225 e. The average Bonchev–Trinajstić information content (AvgIpc) is 3.36. The molecule has 6 nitrogen and oxygen atoms in total. The molecule has 2 aromatic rings. The fourth-order valence-electron chi connectivity index (χ4n) is 5.33. The standard InChI is InChI=1S/C20H27N5O/c1-23-8-7-17-18(23)21-13-22-19(17)24-9-5-14(6-10-24)20(26)25-11-15-3-2-4-16(15)12-25/h7-8,13-16H,2-6,9-12H2,1H3. The number of likely N-dealkylation sites (tertiary alicyclic amines) is 1. The van der Waals surface area contributed by atoms with Crippen LogP contribution >= 0.6 is 0 Å². The maximum Gasteiger partial charge on any atom is 0.225 e. The van der Waals surface area contributed by atoms with Crippen molar-refractivity contribution in [2.75, 3.05) is 31.1 Å². The third kappa shape index (κ3) is 2.58. The molecule has 2 saturated heterocycles. The number of carbonyl (C=O) groups excluding carboxylic acids is 1. The summed E-state index contributed by atoms with van der Waals surface area (Å²) in [6.45, 7) is 3.83. The molecular formula is C20H27N5O. The van der Waals surface area contributed by atoms with Crippen LogP contribution in [0.1, 0.15) is 32.1 Å². The van der Waals surface area contributed by atoms with Gasteiger partial charge in [-0.05, 0) is 43.6 Å². The Kier molecular flexibility index (Phi) is 3.87. The highest BCUT2D eigenvalue weighted by atomic mass is 16.2. The molecule has 5 rings (SSSR count). The van der Waals surface area contributed by atoms with E-state index in [0.29, 0.717) is 5.91 Å². The van der Waals surface area contributed by atoms with Gasteiger partial charge in [-0.2, -0.15) is 0 Å². The van der Waals surface area contributed by atoms with Crippen LogP contribution in [-0.4, -0.2) is 51.5 Å². The average molecular weight is 353 g/mol. The van der Waals surface area contributed by atoms with Gasteiger partial charge in [0, 0.05) is 45.3 Å². The molecule has 2 aliphatic heterocycles. The fraction of sp³-hybridized carbons (Fsp3) is 0.650. The lowest BCUT2D eigenvalue weighted by Crippen LogP contribution is -2.42. The minimum absolute atomic E-state index is 0.193. The highest BCUT2D eigenvalue weighted by Crippen LogP contribution is 2.39. The van der Waals surface area contributed by atoms with Crippen LogP contribution in [0.4, 0.5) is 5.82 Å². The molecule has 0 spiro atoms. The zero-order valence-electron chi connectivity index (χ0n) is 15.5. The number of hydrogen-bond acceptors (Lipinski definition) is 4. The lowest BCUT2D eigenvalue weighted by Gasteiger charge is -2.34. The number of aromatic nitrogens is 3. The summed E-state index contributed by atoms with van der Waals surface area (Å²) in [4.78, 5) is 26.4. The normalized spacial score (nSPS) is 26.7. The summed E-state index contributed by atoms with van der Waals surface area (Å²) >= 11 is 0. The fourth-order valence-corrected chi connectivity index (χ4v) is 5.33. The Morgan fingerprint density at radius 1 is 1.08 bits per heavy atom. The van der Waals surface area contributed by atoms with Gasteiger partial charge in [-0.3, -0.25) is 4.79 Å². The minimum Gasteiger partial charge on any atom is -0.356 e. The number of fused-ring (bicyclic) bond motifs is 2. The monoisotopic (exact) mass is 353 g/mol. The number of piperidine rings is 1. The van der Waals surface area contributed by atoms with E-state index in [0.717, 1.165) is 67.7 Å². The second kappa shape index (κ2) is 6.25. The molecule has 1 saturated carbocycles. The molecule has 3 fully saturated rings. The van der Waals surface area contributed by atoms with Gasteiger partial charge in [-0.1, -0.05) is 6.42 Å². The molecule has 2 aromatic heterocycles. The van der Waals surface area contributed by atoms with E-state index in [1.807, 2.05) is 17.8 Å². The molecule has 3 aliphatic rings. The zero-order chi connectivity index (χ0) is 17.7. The van der Waals surface area contributed by atoms with Gasteiger partial charge in [0.25, 0.3) is 0 Å². The van der Waals surface area contributed by atoms with Crippen LogP contribution in [0, 0.1) is 17.8 Å². The largest absolute Gasteiger partial charge is 0.356 e. The van der Waals surface area contributed by atoms with Gasteiger partial charge >= 0.3 is 0 Å². The van der Waals surface area contributed by atoms with Crippen LogP contribution < -0.4 is 4.90 Å². The molecule has 4 heterocycles. The summed E-state index contributed by atoms with van der Waals surface area (Å²) in [5, 5.41) is 1.10. The van der Waals surface area contributed by atoms with E-state index in [-0.39, 0.29) is 5.92 Å². The summed E-state index contributed by atoms with van der Waals surface area (Å²) in [5.74, 6) is 3.18. The van der Waals surface area contributed by atoms with Crippen molar-refractivity contribution in [1.82, 2.24) is 19.4 Å². The van der Waals surface area contributed by atoms with E-state index in [4.69, 9.17) is 0 Å². The summed E-state index contributed by atoms with van der Waals surface area (Å²) in [6.07, 6.45) is 9.57. The molecule has 2 atom stereocenters. The van der Waals surface area contributed by atoms with Crippen LogP contribution in [-0.2, 0) is 11.8 Å². The molecule has 0 aromatic carbocycles. The van der Waals surface area contributed by atoms with Gasteiger partial charge in [-0.15, -0.1) is 0 Å². The second-order valence-electron chi connectivity index (χ2n) is 8.32. The molecule has 0 bridgehead atoms. The number of amides is 1. The van der Waals surface area contributed by atoms with Crippen LogP contribution in [0.15, 0.2) is 18.6 Å². The van der Waals surface area contributed by atoms with Crippen molar-refractivity contribution in [3.63, 3.8) is 0 Å². The molecule has 2 unspecified atom stereocenters. The number of carbonyl (C=O) groups is 1. The minimum atomic E-state index is 0.193. The van der Waals surface area contributed by atoms with Crippen molar-refractivity contribution in [1.29, 1.82) is 0 Å². The predicted molar refractivity (Wildman–Crippen MR) is 101 cm³/mol. The Hall–Kier alpha value is -2.11. The van der Waals surface area contributed by atoms with E-state index in [9.17, 15) is 4.79 Å². The van der Waals surface area contributed by atoms with Crippen molar-refractivity contribution in [2.45, 2.75) is 32.1 Å². The van der Waals surface area contributed by atoms with E-state index in [1.165, 1.54) is 19.3 Å². The van der Waals surface area contributed by atoms with E-state index >= 15 is 0 Å². The van der Waals surface area contributed by atoms with Gasteiger partial charge in [0.15, 0.2) is 0 Å². The van der Waals surface area contributed by atoms with Gasteiger partial charge in [0.1, 0.15) is 17.8 Å². The van der Waals surface area contributed by atoms with Crippen molar-refractivity contribution in [3.8, 4) is 0 Å². The van der Waals surface area contributed by atoms with Crippen LogP contribution in [0.5, 0.6) is 0 Å². The quantitative estimate of drug-likeness (QED) is 0.832. The molecular weight excluding hydrogens is 326 g/mol. The first-order valence-electron chi connectivity index (χ1n) is 10.0. The maximum absolute atomic E-state index is 13.0. The summed E-state index contributed by atoms with van der Waals surface area (Å²) < 4.78 is 2.03. The highest BCUT2D eigenvalue weighted by molar-refractivity contribution is 5.88. The van der Waals surface area contributed by atoms with Gasteiger partial charge < -0.3 is 14.4 Å². The van der Waals surface area contributed by atoms with E-state index in [2.05, 4.69) is 25.8 Å². The Morgan fingerprint density at radius 2 is 1.81 bits per heavy atom. The molecule has 0 N–H and O–H groups in total. The lowest BCUT2D eigenvalue weighted by molar-refractivity contribution is -0.135. The SMILES string of the molecule is Cn1ccc2c(N3CCC(C(=O)N4CC5CCCC5C4)CC3)ncnc21. The molecule has 1 aliphatic carbocycles. The Bertz CT molecular complexity index is 811. The Balaban J connectivity index is 1.25. The van der Waals surface area contributed by atoms with Crippen molar-refractivity contribution in [3.05, 3.63) is 18.6 Å². The lowest BCUT2D eigenvalue weighted by atomic mass is 9.95. The third-order valence-electron chi connectivity index (χ3n) is 6.82. The van der Waals surface area contributed by atoms with Crippen LogP contribution in [0.2, 0.25) is 0 Å². The first-order chi connectivity index (χ1) is 12.7. The number of rotatable bonds is 2. The molecule has 6 heteroatoms. The van der Waals surface area contributed by atoms with Gasteiger partial charge in [0.2, 0.25) is 5.91 Å². The number of aryl methyl sites for hydroxylation is 1. The Morgan fingerprint density at radius 3 is 2.54 bits per heavy atom. The third-order valence-corrected chi connectivity index (χ3v) is 6.82. The van der Waals surface area contributed by atoms with Crippen molar-refractivity contribution in [2.24, 2.45) is 24.8 Å². The highest BCUT2D eigenvalue weighted by Gasteiger charge is 2.40. The number of anilines is 1. The first kappa shape index (κ1) is 16.1. The van der Waals surface area contributed by atoms with Crippen molar-refractivity contribution >= 4 is 22.8 Å². The number of hydrogen-bond donors (Lipinski definition) is 0. The Labute approximate surface area is 154 Å². The summed E-state index contributed by atoms with van der Waals surface area (Å²) in [7, 11) is 2.01. The predicted octanol–water partition coefficient (Wildman–Crippen LogP) is 2.44. The van der Waals surface area contributed by atoms with Crippen LogP contribution in [0.25, 0.3) is 11.0 Å². The zero-order valence-corrected chi connectivity index (χ0v) is 15.5. The van der Waals surface area contributed by atoms with Crippen molar-refractivity contribution < 1.29 is 4.79 Å². The molecule has 26 heavy (non-hydrogen) atoms. The second-order valence-corrected chi connectivity index (χ2v) is 8.32. The molecule has 1 amide bonds. The van der Waals surface area contributed by atoms with Gasteiger partial charge in [0.05, 0.1) is 5.39 Å². The van der Waals surface area contributed by atoms with Gasteiger partial charge in [-0.25, -0.2) is 9.97 Å². The number of nitrogens with zero attached hydrogens (tertiary/aromatic N) is 5. The van der Waals surface area contributed by atoms with E-state index < -0.39 is 0 Å².